The van der Waals surface area contributed by atoms with Crippen molar-refractivity contribution in [2.75, 3.05) is 31.6 Å². The van der Waals surface area contributed by atoms with E-state index in [4.69, 9.17) is 0 Å². The molecule has 0 saturated carbocycles. The third kappa shape index (κ3) is 4.79. The van der Waals surface area contributed by atoms with Crippen LogP contribution >= 0.6 is 0 Å². The van der Waals surface area contributed by atoms with E-state index in [1.165, 1.54) is 12.1 Å². The molecular formula is C21H23F3N6O. The second-order valence-corrected chi connectivity index (χ2v) is 7.44. The van der Waals surface area contributed by atoms with Crippen LogP contribution in [0.15, 0.2) is 36.5 Å². The third-order valence-corrected chi connectivity index (χ3v) is 5.17. The second-order valence-electron chi connectivity index (χ2n) is 7.44. The Bertz CT molecular complexity index is 1070. The van der Waals surface area contributed by atoms with E-state index in [2.05, 4.69) is 26.0 Å². The summed E-state index contributed by atoms with van der Waals surface area (Å²) in [4.78, 5) is 16.6. The van der Waals surface area contributed by atoms with Crippen LogP contribution in [0.5, 0.6) is 0 Å². The van der Waals surface area contributed by atoms with Crippen LogP contribution in [-0.2, 0) is 0 Å². The molecule has 2 atom stereocenters. The van der Waals surface area contributed by atoms with Crippen molar-refractivity contribution in [3.8, 4) is 11.3 Å². The quantitative estimate of drug-likeness (QED) is 0.477. The molecule has 1 aliphatic rings. The molecule has 3 aromatic rings. The van der Waals surface area contributed by atoms with Crippen LogP contribution in [-0.4, -0.2) is 59.0 Å². The molecule has 0 bridgehead atoms. The van der Waals surface area contributed by atoms with Crippen LogP contribution in [0.25, 0.3) is 16.9 Å². The van der Waals surface area contributed by atoms with Crippen molar-refractivity contribution in [1.82, 2.24) is 25.2 Å². The maximum atomic E-state index is 14.7. The molecule has 0 spiro atoms. The van der Waals surface area contributed by atoms with Crippen molar-refractivity contribution in [3.05, 3.63) is 47.9 Å². The molecule has 0 unspecified atom stereocenters. The van der Waals surface area contributed by atoms with Crippen molar-refractivity contribution >= 4 is 17.4 Å². The van der Waals surface area contributed by atoms with Gasteiger partial charge in [0.1, 0.15) is 17.8 Å². The van der Waals surface area contributed by atoms with Crippen molar-refractivity contribution < 1.29 is 18.0 Å². The van der Waals surface area contributed by atoms with Gasteiger partial charge in [0.2, 0.25) is 0 Å². The molecule has 0 radical (unpaired) electrons. The lowest BCUT2D eigenvalue weighted by molar-refractivity contribution is 0.0946. The number of fused-ring (bicyclic) bond motifs is 1. The maximum absolute atomic E-state index is 14.7. The summed E-state index contributed by atoms with van der Waals surface area (Å²) in [5.74, 6) is -0.679. The van der Waals surface area contributed by atoms with E-state index in [9.17, 15) is 18.0 Å². The zero-order chi connectivity index (χ0) is 21.8. The number of nitrogens with zero attached hydrogens (tertiary/aromatic N) is 3. The van der Waals surface area contributed by atoms with Crippen LogP contribution in [0.3, 0.4) is 0 Å². The summed E-state index contributed by atoms with van der Waals surface area (Å²) in [6, 6.07) is 7.63. The fourth-order valence-corrected chi connectivity index (χ4v) is 3.54. The van der Waals surface area contributed by atoms with E-state index in [0.717, 1.165) is 0 Å². The summed E-state index contributed by atoms with van der Waals surface area (Å²) in [6.07, 6.45) is 1.35. The summed E-state index contributed by atoms with van der Waals surface area (Å²) in [6.45, 7) is 0.526. The van der Waals surface area contributed by atoms with E-state index in [1.54, 1.807) is 28.9 Å². The second kappa shape index (κ2) is 9.34. The molecule has 3 N–H and O–H groups in total. The lowest BCUT2D eigenvalue weighted by Gasteiger charge is -2.12. The number of anilines is 1. The number of carbonyl (C=O) groups is 1. The van der Waals surface area contributed by atoms with Crippen LogP contribution < -0.4 is 16.0 Å². The molecule has 7 nitrogen and oxygen atoms in total. The first-order chi connectivity index (χ1) is 15.0. The van der Waals surface area contributed by atoms with Gasteiger partial charge in [-0.3, -0.25) is 9.18 Å². The first-order valence-corrected chi connectivity index (χ1v) is 10.2. The third-order valence-electron chi connectivity index (χ3n) is 5.17. The predicted octanol–water partition coefficient (Wildman–Crippen LogP) is 2.74. The van der Waals surface area contributed by atoms with Crippen molar-refractivity contribution in [2.24, 2.45) is 0 Å². The average molecular weight is 432 g/mol. The Morgan fingerprint density at radius 1 is 1.29 bits per heavy atom. The molecule has 3 heterocycles. The number of halogens is 3. The summed E-state index contributed by atoms with van der Waals surface area (Å²) in [5.41, 5.74) is 1.55. The van der Waals surface area contributed by atoms with Crippen LogP contribution in [0.4, 0.5) is 19.0 Å². The van der Waals surface area contributed by atoms with Gasteiger partial charge in [0.15, 0.2) is 5.65 Å². The Labute approximate surface area is 177 Å². The number of alkyl halides is 2. The number of rotatable bonds is 8. The Morgan fingerprint density at radius 3 is 2.90 bits per heavy atom. The summed E-state index contributed by atoms with van der Waals surface area (Å²) in [7, 11) is 0. The van der Waals surface area contributed by atoms with Gasteiger partial charge in [0.05, 0.1) is 24.1 Å². The number of amides is 1. The monoisotopic (exact) mass is 432 g/mol. The molecule has 1 aliphatic heterocycles. The minimum atomic E-state index is -0.920. The fraction of sp³-hybridized carbons (Fsp3) is 0.381. The molecule has 164 valence electrons. The van der Waals surface area contributed by atoms with E-state index in [1.807, 2.05) is 0 Å². The molecule has 4 rings (SSSR count). The maximum Gasteiger partial charge on any atom is 0.254 e. The summed E-state index contributed by atoms with van der Waals surface area (Å²) < 4.78 is 41.8. The Kier molecular flexibility index (Phi) is 6.36. The van der Waals surface area contributed by atoms with Crippen molar-refractivity contribution in [3.63, 3.8) is 0 Å². The zero-order valence-corrected chi connectivity index (χ0v) is 16.7. The van der Waals surface area contributed by atoms with E-state index < -0.39 is 24.6 Å². The molecule has 1 amide bonds. The number of hydrogen-bond acceptors (Lipinski definition) is 5. The van der Waals surface area contributed by atoms with Crippen LogP contribution in [0.2, 0.25) is 0 Å². The lowest BCUT2D eigenvalue weighted by atomic mass is 10.1. The molecule has 10 heteroatoms. The van der Waals surface area contributed by atoms with Gasteiger partial charge in [0, 0.05) is 31.2 Å². The Morgan fingerprint density at radius 2 is 2.16 bits per heavy atom. The fourth-order valence-electron chi connectivity index (χ4n) is 3.54. The van der Waals surface area contributed by atoms with Gasteiger partial charge in [-0.05, 0) is 37.1 Å². The van der Waals surface area contributed by atoms with Gasteiger partial charge in [-0.1, -0.05) is 6.07 Å². The van der Waals surface area contributed by atoms with Gasteiger partial charge in [-0.25, -0.2) is 18.3 Å². The normalized spacial score (nSPS) is 18.4. The van der Waals surface area contributed by atoms with Gasteiger partial charge < -0.3 is 16.0 Å². The highest BCUT2D eigenvalue weighted by atomic mass is 19.1. The van der Waals surface area contributed by atoms with Crippen molar-refractivity contribution in [1.29, 1.82) is 0 Å². The molecule has 2 aromatic heterocycles. The zero-order valence-electron chi connectivity index (χ0n) is 16.7. The van der Waals surface area contributed by atoms with E-state index in [-0.39, 0.29) is 24.7 Å². The number of nitrogens with one attached hydrogen (secondary N) is 3. The largest absolute Gasteiger partial charge is 0.369 e. The highest BCUT2D eigenvalue weighted by molar-refractivity contribution is 5.95. The molecular weight excluding hydrogens is 409 g/mol. The minimum Gasteiger partial charge on any atom is -0.369 e. The van der Waals surface area contributed by atoms with Gasteiger partial charge in [-0.15, -0.1) is 5.10 Å². The molecule has 1 aromatic carbocycles. The first-order valence-electron chi connectivity index (χ1n) is 10.2. The first kappa shape index (κ1) is 21.1. The molecule has 0 aliphatic carbocycles. The predicted molar refractivity (Wildman–Crippen MR) is 111 cm³/mol. The summed E-state index contributed by atoms with van der Waals surface area (Å²) in [5, 5.41) is 13.1. The Balaban J connectivity index is 1.50. The standard InChI is InChI=1S/C21H23F3N6O/c22-6-1-7-25-19-4-5-20-27-12-18(30(20)29-19)13-2-3-16(17(24)8-13)21(31)28-11-15-9-14(23)10-26-15/h2-5,8,12,14-15,26H,1,6-7,9-11H2,(H,25,29)(H,28,31)/t14-,15+/m1/s1. The molecule has 1 saturated heterocycles. The van der Waals surface area contributed by atoms with Gasteiger partial charge in [-0.2, -0.15) is 0 Å². The number of aromatic nitrogens is 3. The average Bonchev–Trinajstić information content (AvgIpc) is 3.38. The van der Waals surface area contributed by atoms with Crippen LogP contribution in [0.1, 0.15) is 23.2 Å². The SMILES string of the molecule is O=C(NC[C@@H]1C[C@@H](F)CN1)c1ccc(-c2cnc3ccc(NCCCF)nn23)cc1F. The number of imidazole rings is 1. The number of benzene rings is 1. The van der Waals surface area contributed by atoms with Crippen LogP contribution in [0, 0.1) is 5.82 Å². The minimum absolute atomic E-state index is 0.0890. The highest BCUT2D eigenvalue weighted by Gasteiger charge is 2.24. The van der Waals surface area contributed by atoms with E-state index >= 15 is 0 Å². The molecule has 31 heavy (non-hydrogen) atoms. The lowest BCUT2D eigenvalue weighted by Crippen LogP contribution is -2.37. The van der Waals surface area contributed by atoms with Gasteiger partial charge in [0.25, 0.3) is 5.91 Å². The van der Waals surface area contributed by atoms with Gasteiger partial charge >= 0.3 is 0 Å². The smallest absolute Gasteiger partial charge is 0.254 e. The molecule has 1 fully saturated rings. The van der Waals surface area contributed by atoms with E-state index in [0.29, 0.717) is 42.1 Å². The van der Waals surface area contributed by atoms with Crippen molar-refractivity contribution in [2.45, 2.75) is 25.1 Å². The number of hydrogen-bond donors (Lipinski definition) is 3. The Hall–Kier alpha value is -3.14. The topological polar surface area (TPSA) is 83.3 Å². The highest BCUT2D eigenvalue weighted by Crippen LogP contribution is 2.23. The summed E-state index contributed by atoms with van der Waals surface area (Å²) >= 11 is 0. The number of carbonyl (C=O) groups excluding carboxylic acids is 1.